The summed E-state index contributed by atoms with van der Waals surface area (Å²) >= 11 is 6.24. The van der Waals surface area contributed by atoms with Crippen LogP contribution in [0.4, 0.5) is 0 Å². The predicted molar refractivity (Wildman–Crippen MR) is 128 cm³/mol. The standard InChI is InChI=1S/C27H16ClN3O/c28-27-30-25(17-7-2-1-3-8-17)29-26(31-27)20-10-6-9-18(15-20)19-13-14-24-22(16-19)21-11-4-5-12-23(21)32-24/h1-16H. The molecule has 2 aromatic heterocycles. The lowest BCUT2D eigenvalue weighted by atomic mass is 10.0. The molecule has 0 unspecified atom stereocenters. The zero-order valence-corrected chi connectivity index (χ0v) is 17.6. The fourth-order valence-electron chi connectivity index (χ4n) is 3.94. The maximum absolute atomic E-state index is 6.24. The molecule has 0 fully saturated rings. The van der Waals surface area contributed by atoms with Crippen molar-refractivity contribution >= 4 is 33.5 Å². The number of hydrogen-bond donors (Lipinski definition) is 0. The van der Waals surface area contributed by atoms with Gasteiger partial charge in [0.15, 0.2) is 11.6 Å². The van der Waals surface area contributed by atoms with Crippen molar-refractivity contribution in [1.82, 2.24) is 15.0 Å². The Labute approximate surface area is 189 Å². The lowest BCUT2D eigenvalue weighted by molar-refractivity contribution is 0.669. The van der Waals surface area contributed by atoms with Gasteiger partial charge in [-0.3, -0.25) is 0 Å². The third-order valence-corrected chi connectivity index (χ3v) is 5.64. The molecule has 0 spiro atoms. The van der Waals surface area contributed by atoms with Crippen LogP contribution in [0.1, 0.15) is 0 Å². The van der Waals surface area contributed by atoms with Crippen molar-refractivity contribution in [2.75, 3.05) is 0 Å². The van der Waals surface area contributed by atoms with Gasteiger partial charge in [0.25, 0.3) is 0 Å². The molecule has 0 bridgehead atoms. The van der Waals surface area contributed by atoms with E-state index in [1.807, 2.05) is 66.7 Å². The fourth-order valence-corrected chi connectivity index (χ4v) is 4.10. The molecule has 0 saturated carbocycles. The molecule has 32 heavy (non-hydrogen) atoms. The first kappa shape index (κ1) is 18.7. The molecule has 4 aromatic carbocycles. The van der Waals surface area contributed by atoms with Crippen LogP contribution in [-0.2, 0) is 0 Å². The number of aromatic nitrogens is 3. The average molecular weight is 434 g/mol. The summed E-state index contributed by atoms with van der Waals surface area (Å²) in [5.74, 6) is 1.10. The third kappa shape index (κ3) is 3.31. The number of hydrogen-bond acceptors (Lipinski definition) is 4. The lowest BCUT2D eigenvalue weighted by Gasteiger charge is -2.07. The van der Waals surface area contributed by atoms with E-state index in [2.05, 4.69) is 45.3 Å². The van der Waals surface area contributed by atoms with Gasteiger partial charge in [0.2, 0.25) is 5.28 Å². The van der Waals surface area contributed by atoms with Crippen LogP contribution in [0.3, 0.4) is 0 Å². The highest BCUT2D eigenvalue weighted by Crippen LogP contribution is 2.33. The van der Waals surface area contributed by atoms with Crippen LogP contribution in [0.5, 0.6) is 0 Å². The van der Waals surface area contributed by atoms with Gasteiger partial charge in [-0.05, 0) is 47.0 Å². The van der Waals surface area contributed by atoms with Gasteiger partial charge in [0.05, 0.1) is 0 Å². The highest BCUT2D eigenvalue weighted by Gasteiger charge is 2.12. The Bertz CT molecular complexity index is 1590. The Balaban J connectivity index is 1.45. The second-order valence-electron chi connectivity index (χ2n) is 7.51. The molecule has 0 saturated heterocycles. The van der Waals surface area contributed by atoms with E-state index < -0.39 is 0 Å². The Morgan fingerprint density at radius 3 is 2.03 bits per heavy atom. The van der Waals surface area contributed by atoms with Gasteiger partial charge < -0.3 is 4.42 Å². The lowest BCUT2D eigenvalue weighted by Crippen LogP contribution is -1.97. The van der Waals surface area contributed by atoms with Crippen molar-refractivity contribution < 1.29 is 4.42 Å². The number of para-hydroxylation sites is 1. The molecule has 2 heterocycles. The van der Waals surface area contributed by atoms with E-state index >= 15 is 0 Å². The van der Waals surface area contributed by atoms with Crippen LogP contribution in [0, 0.1) is 0 Å². The molecule has 0 radical (unpaired) electrons. The summed E-state index contributed by atoms with van der Waals surface area (Å²) in [6.07, 6.45) is 0. The molecule has 0 aliphatic heterocycles. The Kier molecular flexibility index (Phi) is 4.44. The maximum Gasteiger partial charge on any atom is 0.226 e. The molecule has 0 aliphatic rings. The second kappa shape index (κ2) is 7.59. The summed E-state index contributed by atoms with van der Waals surface area (Å²) in [7, 11) is 0. The molecule has 6 rings (SSSR count). The number of halogens is 1. The molecule has 152 valence electrons. The minimum absolute atomic E-state index is 0.172. The van der Waals surface area contributed by atoms with Crippen LogP contribution >= 0.6 is 11.6 Å². The van der Waals surface area contributed by atoms with E-state index in [0.717, 1.165) is 44.2 Å². The van der Waals surface area contributed by atoms with Crippen molar-refractivity contribution in [2.24, 2.45) is 0 Å². The third-order valence-electron chi connectivity index (χ3n) is 5.47. The summed E-state index contributed by atoms with van der Waals surface area (Å²) in [5.41, 5.74) is 5.69. The summed E-state index contributed by atoms with van der Waals surface area (Å²) in [4.78, 5) is 13.3. The van der Waals surface area contributed by atoms with Crippen molar-refractivity contribution in [3.8, 4) is 33.9 Å². The Hall–Kier alpha value is -4.02. The van der Waals surface area contributed by atoms with Crippen LogP contribution < -0.4 is 0 Å². The number of furan rings is 1. The Morgan fingerprint density at radius 2 is 1.16 bits per heavy atom. The second-order valence-corrected chi connectivity index (χ2v) is 7.85. The summed E-state index contributed by atoms with van der Waals surface area (Å²) in [6.45, 7) is 0. The normalized spacial score (nSPS) is 11.3. The van der Waals surface area contributed by atoms with Crippen LogP contribution in [-0.4, -0.2) is 15.0 Å². The summed E-state index contributed by atoms with van der Waals surface area (Å²) in [6, 6.07) is 32.2. The smallest absolute Gasteiger partial charge is 0.226 e. The molecule has 0 N–H and O–H groups in total. The van der Waals surface area contributed by atoms with Crippen LogP contribution in [0.15, 0.2) is 101 Å². The first-order valence-electron chi connectivity index (χ1n) is 10.2. The van der Waals surface area contributed by atoms with Crippen molar-refractivity contribution in [3.05, 3.63) is 102 Å². The number of nitrogens with zero attached hydrogens (tertiary/aromatic N) is 3. The van der Waals surface area contributed by atoms with Gasteiger partial charge in [-0.2, -0.15) is 9.97 Å². The SMILES string of the molecule is Clc1nc(-c2ccccc2)nc(-c2cccc(-c3ccc4oc5ccccc5c4c3)c2)n1. The number of rotatable bonds is 3. The van der Waals surface area contributed by atoms with Gasteiger partial charge in [-0.15, -0.1) is 0 Å². The predicted octanol–water partition coefficient (Wildman–Crippen LogP) is 7.43. The topological polar surface area (TPSA) is 51.8 Å². The van der Waals surface area contributed by atoms with Gasteiger partial charge in [-0.25, -0.2) is 4.98 Å². The molecule has 0 aliphatic carbocycles. The molecular formula is C27H16ClN3O. The minimum atomic E-state index is 0.172. The number of fused-ring (bicyclic) bond motifs is 3. The van der Waals surface area contributed by atoms with Crippen molar-refractivity contribution in [1.29, 1.82) is 0 Å². The highest BCUT2D eigenvalue weighted by molar-refractivity contribution is 6.28. The van der Waals surface area contributed by atoms with E-state index in [4.69, 9.17) is 16.0 Å². The van der Waals surface area contributed by atoms with E-state index in [-0.39, 0.29) is 5.28 Å². The summed E-state index contributed by atoms with van der Waals surface area (Å²) < 4.78 is 5.96. The van der Waals surface area contributed by atoms with E-state index in [1.165, 1.54) is 0 Å². The largest absolute Gasteiger partial charge is 0.456 e. The molecule has 0 atom stereocenters. The zero-order chi connectivity index (χ0) is 21.5. The molecular weight excluding hydrogens is 418 g/mol. The van der Waals surface area contributed by atoms with Crippen LogP contribution in [0.25, 0.3) is 55.8 Å². The van der Waals surface area contributed by atoms with Gasteiger partial charge in [0.1, 0.15) is 11.2 Å². The highest BCUT2D eigenvalue weighted by atomic mass is 35.5. The monoisotopic (exact) mass is 433 g/mol. The van der Waals surface area contributed by atoms with E-state index in [0.29, 0.717) is 11.6 Å². The fraction of sp³-hybridized carbons (Fsp3) is 0. The van der Waals surface area contributed by atoms with Crippen LogP contribution in [0.2, 0.25) is 5.28 Å². The van der Waals surface area contributed by atoms with E-state index in [1.54, 1.807) is 0 Å². The maximum atomic E-state index is 6.24. The first-order valence-corrected chi connectivity index (χ1v) is 10.6. The first-order chi connectivity index (χ1) is 15.7. The molecule has 6 aromatic rings. The molecule has 4 nitrogen and oxygen atoms in total. The summed E-state index contributed by atoms with van der Waals surface area (Å²) in [5, 5.41) is 2.38. The minimum Gasteiger partial charge on any atom is -0.456 e. The van der Waals surface area contributed by atoms with Gasteiger partial charge in [-0.1, -0.05) is 72.8 Å². The van der Waals surface area contributed by atoms with Crippen molar-refractivity contribution in [3.63, 3.8) is 0 Å². The Morgan fingerprint density at radius 1 is 0.500 bits per heavy atom. The number of benzene rings is 4. The van der Waals surface area contributed by atoms with E-state index in [9.17, 15) is 0 Å². The molecule has 5 heteroatoms. The molecule has 0 amide bonds. The average Bonchev–Trinajstić information content (AvgIpc) is 3.22. The van der Waals surface area contributed by atoms with Gasteiger partial charge in [0, 0.05) is 21.9 Å². The zero-order valence-electron chi connectivity index (χ0n) is 16.9. The quantitative estimate of drug-likeness (QED) is 0.291. The van der Waals surface area contributed by atoms with Crippen molar-refractivity contribution in [2.45, 2.75) is 0 Å². The van der Waals surface area contributed by atoms with Gasteiger partial charge >= 0.3 is 0 Å².